The summed E-state index contributed by atoms with van der Waals surface area (Å²) in [5.74, 6) is 0.540. The van der Waals surface area contributed by atoms with Crippen LogP contribution in [0, 0.1) is 18.3 Å². The number of benzene rings is 1. The van der Waals surface area contributed by atoms with Gasteiger partial charge in [-0.25, -0.2) is 9.97 Å². The molecule has 0 bridgehead atoms. The molecular formula is C15H12N4O. The lowest BCUT2D eigenvalue weighted by Gasteiger charge is -2.06. The van der Waals surface area contributed by atoms with Crippen molar-refractivity contribution in [2.24, 2.45) is 0 Å². The van der Waals surface area contributed by atoms with Gasteiger partial charge in [0, 0.05) is 16.9 Å². The Hall–Kier alpha value is -2.74. The summed E-state index contributed by atoms with van der Waals surface area (Å²) in [5.41, 5.74) is 4.39. The highest BCUT2D eigenvalue weighted by atomic mass is 16.1. The number of nitriles is 1. The number of hydrogen-bond donors (Lipinski definition) is 1. The number of nitrogens with one attached hydrogen (secondary N) is 1. The molecule has 3 rings (SSSR count). The Morgan fingerprint density at radius 3 is 3.00 bits per heavy atom. The van der Waals surface area contributed by atoms with Crippen LogP contribution in [0.1, 0.15) is 17.1 Å². The topological polar surface area (TPSA) is 78.7 Å². The zero-order valence-electron chi connectivity index (χ0n) is 11.0. The van der Waals surface area contributed by atoms with Crippen LogP contribution in [0.3, 0.4) is 0 Å². The molecule has 0 radical (unpaired) electrons. The molecule has 0 atom stereocenters. The first-order valence-electron chi connectivity index (χ1n) is 6.30. The lowest BCUT2D eigenvalue weighted by atomic mass is 10.1. The monoisotopic (exact) mass is 264 g/mol. The van der Waals surface area contributed by atoms with Gasteiger partial charge in [0.25, 0.3) is 0 Å². The second-order valence-electron chi connectivity index (χ2n) is 4.74. The van der Waals surface area contributed by atoms with Crippen LogP contribution in [0.2, 0.25) is 0 Å². The molecule has 0 unspecified atom stereocenters. The molecule has 0 aliphatic carbocycles. The molecule has 0 saturated carbocycles. The van der Waals surface area contributed by atoms with Crippen molar-refractivity contribution >= 4 is 11.6 Å². The zero-order valence-corrected chi connectivity index (χ0v) is 11.0. The first kappa shape index (κ1) is 12.3. The van der Waals surface area contributed by atoms with E-state index in [0.717, 1.165) is 28.2 Å². The van der Waals surface area contributed by atoms with Gasteiger partial charge in [-0.1, -0.05) is 6.07 Å². The highest BCUT2D eigenvalue weighted by Gasteiger charge is 2.18. The Morgan fingerprint density at radius 1 is 1.35 bits per heavy atom. The van der Waals surface area contributed by atoms with E-state index in [9.17, 15) is 4.79 Å². The van der Waals surface area contributed by atoms with Gasteiger partial charge in [0.15, 0.2) is 0 Å². The summed E-state index contributed by atoms with van der Waals surface area (Å²) >= 11 is 0. The molecule has 0 spiro atoms. The molecule has 1 aliphatic heterocycles. The van der Waals surface area contributed by atoms with Gasteiger partial charge < -0.3 is 5.32 Å². The molecule has 5 nitrogen and oxygen atoms in total. The quantitative estimate of drug-likeness (QED) is 0.899. The Bertz CT molecular complexity index is 746. The summed E-state index contributed by atoms with van der Waals surface area (Å²) in [6.45, 7) is 1.88. The molecule has 1 amide bonds. The summed E-state index contributed by atoms with van der Waals surface area (Å²) in [4.78, 5) is 20.0. The Balaban J connectivity index is 2.04. The van der Waals surface area contributed by atoms with Crippen molar-refractivity contribution in [3.05, 3.63) is 41.3 Å². The number of aromatic nitrogens is 2. The fraction of sp³-hybridized carbons (Fsp3) is 0.200. The van der Waals surface area contributed by atoms with Gasteiger partial charge in [-0.15, -0.1) is 0 Å². The summed E-state index contributed by atoms with van der Waals surface area (Å²) in [6, 6.07) is 9.71. The molecule has 1 aromatic heterocycles. The number of nitrogens with zero attached hydrogens (tertiary/aromatic N) is 3. The summed E-state index contributed by atoms with van der Waals surface area (Å²) < 4.78 is 0. The van der Waals surface area contributed by atoms with Gasteiger partial charge in [0.2, 0.25) is 5.91 Å². The Labute approximate surface area is 116 Å². The maximum absolute atomic E-state index is 11.4. The second-order valence-corrected chi connectivity index (χ2v) is 4.74. The molecule has 1 N–H and O–H groups in total. The summed E-state index contributed by atoms with van der Waals surface area (Å²) in [7, 11) is 0. The van der Waals surface area contributed by atoms with Crippen molar-refractivity contribution in [1.82, 2.24) is 9.97 Å². The fourth-order valence-corrected chi connectivity index (χ4v) is 2.32. The van der Waals surface area contributed by atoms with E-state index in [1.807, 2.05) is 31.2 Å². The van der Waals surface area contributed by atoms with E-state index < -0.39 is 0 Å². The summed E-state index contributed by atoms with van der Waals surface area (Å²) in [5, 5.41) is 11.6. The van der Waals surface area contributed by atoms with Crippen molar-refractivity contribution in [3.63, 3.8) is 0 Å². The highest BCUT2D eigenvalue weighted by Crippen LogP contribution is 2.28. The third-order valence-electron chi connectivity index (χ3n) is 3.16. The van der Waals surface area contributed by atoms with E-state index in [4.69, 9.17) is 5.26 Å². The standard InChI is InChI=1S/C15H12N4O/c1-9-6-13(18-14(17-9)4-5-16)10-2-3-12-11(7-10)8-15(20)19-12/h2-3,6-7H,4,8H2,1H3,(H,19,20). The molecule has 1 aromatic carbocycles. The van der Waals surface area contributed by atoms with Gasteiger partial charge in [0.05, 0.1) is 24.6 Å². The molecule has 0 saturated heterocycles. The molecule has 2 aromatic rings. The van der Waals surface area contributed by atoms with Crippen LogP contribution in [0.25, 0.3) is 11.3 Å². The summed E-state index contributed by atoms with van der Waals surface area (Å²) in [6.07, 6.45) is 0.595. The number of fused-ring (bicyclic) bond motifs is 1. The first-order valence-corrected chi connectivity index (χ1v) is 6.30. The van der Waals surface area contributed by atoms with Gasteiger partial charge >= 0.3 is 0 Å². The first-order chi connectivity index (χ1) is 9.65. The van der Waals surface area contributed by atoms with E-state index in [-0.39, 0.29) is 12.3 Å². The number of carbonyl (C=O) groups excluding carboxylic acids is 1. The van der Waals surface area contributed by atoms with Crippen LogP contribution in [-0.2, 0) is 17.6 Å². The smallest absolute Gasteiger partial charge is 0.228 e. The zero-order chi connectivity index (χ0) is 14.1. The van der Waals surface area contributed by atoms with Crippen molar-refractivity contribution in [2.75, 3.05) is 5.32 Å². The SMILES string of the molecule is Cc1cc(-c2ccc3c(c2)CC(=O)N3)nc(CC#N)n1. The van der Waals surface area contributed by atoms with E-state index in [1.165, 1.54) is 0 Å². The van der Waals surface area contributed by atoms with Crippen molar-refractivity contribution in [3.8, 4) is 17.3 Å². The minimum atomic E-state index is 0.0150. The Kier molecular flexibility index (Phi) is 2.92. The van der Waals surface area contributed by atoms with Crippen LogP contribution in [0.5, 0.6) is 0 Å². The van der Waals surface area contributed by atoms with Crippen LogP contribution < -0.4 is 5.32 Å². The molecular weight excluding hydrogens is 252 g/mol. The lowest BCUT2D eigenvalue weighted by molar-refractivity contribution is -0.115. The highest BCUT2D eigenvalue weighted by molar-refractivity contribution is 5.99. The third kappa shape index (κ3) is 2.24. The van der Waals surface area contributed by atoms with Crippen molar-refractivity contribution in [1.29, 1.82) is 5.26 Å². The number of rotatable bonds is 2. The average Bonchev–Trinajstić information content (AvgIpc) is 2.77. The van der Waals surface area contributed by atoms with E-state index in [1.54, 1.807) is 0 Å². The molecule has 98 valence electrons. The van der Waals surface area contributed by atoms with Crippen LogP contribution in [-0.4, -0.2) is 15.9 Å². The molecule has 2 heterocycles. The number of amides is 1. The molecule has 0 fully saturated rings. The normalized spacial score (nSPS) is 12.7. The van der Waals surface area contributed by atoms with E-state index >= 15 is 0 Å². The van der Waals surface area contributed by atoms with Gasteiger partial charge in [-0.05, 0) is 30.7 Å². The van der Waals surface area contributed by atoms with Crippen molar-refractivity contribution in [2.45, 2.75) is 19.8 Å². The third-order valence-corrected chi connectivity index (χ3v) is 3.16. The van der Waals surface area contributed by atoms with Gasteiger partial charge in [0.1, 0.15) is 5.82 Å². The Morgan fingerprint density at radius 2 is 2.20 bits per heavy atom. The maximum Gasteiger partial charge on any atom is 0.228 e. The minimum Gasteiger partial charge on any atom is -0.326 e. The number of anilines is 1. The molecule has 1 aliphatic rings. The number of carbonyl (C=O) groups is 1. The van der Waals surface area contributed by atoms with E-state index in [2.05, 4.69) is 21.4 Å². The van der Waals surface area contributed by atoms with Gasteiger partial charge in [-0.3, -0.25) is 4.79 Å². The average molecular weight is 264 g/mol. The van der Waals surface area contributed by atoms with Crippen LogP contribution >= 0.6 is 0 Å². The van der Waals surface area contributed by atoms with Crippen LogP contribution in [0.15, 0.2) is 24.3 Å². The molecule has 5 heteroatoms. The van der Waals surface area contributed by atoms with Crippen molar-refractivity contribution < 1.29 is 4.79 Å². The fourth-order valence-electron chi connectivity index (χ4n) is 2.32. The van der Waals surface area contributed by atoms with E-state index in [0.29, 0.717) is 12.2 Å². The lowest BCUT2D eigenvalue weighted by Crippen LogP contribution is -2.03. The predicted molar refractivity (Wildman–Crippen MR) is 73.9 cm³/mol. The van der Waals surface area contributed by atoms with Crippen LogP contribution in [0.4, 0.5) is 5.69 Å². The molecule has 20 heavy (non-hydrogen) atoms. The number of aryl methyl sites for hydroxylation is 1. The maximum atomic E-state index is 11.4. The minimum absolute atomic E-state index is 0.0150. The predicted octanol–water partition coefficient (Wildman–Crippen LogP) is 2.01. The number of hydrogen-bond acceptors (Lipinski definition) is 4. The second kappa shape index (κ2) is 4.74. The largest absolute Gasteiger partial charge is 0.326 e. The van der Waals surface area contributed by atoms with Gasteiger partial charge in [-0.2, -0.15) is 5.26 Å².